The van der Waals surface area contributed by atoms with Gasteiger partial charge in [0.15, 0.2) is 44.0 Å². The first kappa shape index (κ1) is 64.7. The maximum Gasteiger partial charge on any atom is 0.217 e. The molecular formula is C44H75NO34. The molecule has 79 heavy (non-hydrogen) atoms. The van der Waals surface area contributed by atoms with Crippen LogP contribution in [0.4, 0.5) is 0 Å². The lowest BCUT2D eigenvalue weighted by molar-refractivity contribution is -0.400. The lowest BCUT2D eigenvalue weighted by atomic mass is 9.93. The van der Waals surface area contributed by atoms with Gasteiger partial charge in [0.2, 0.25) is 5.91 Å². The number of carbonyl (C=O) groups is 1. The van der Waals surface area contributed by atoms with Crippen molar-refractivity contribution in [3.63, 3.8) is 0 Å². The maximum absolute atomic E-state index is 13.2. The molecule has 21 N–H and O–H groups in total. The third kappa shape index (κ3) is 13.5. The summed E-state index contributed by atoms with van der Waals surface area (Å²) in [6.07, 6.45) is -65.4. The molecule has 0 aliphatic carbocycles. The predicted molar refractivity (Wildman–Crippen MR) is 241 cm³/mol. The Bertz CT molecular complexity index is 1900. The van der Waals surface area contributed by atoms with Crippen molar-refractivity contribution < 1.29 is 169 Å². The Balaban J connectivity index is 1.21. The average molecular weight is 1160 g/mol. The van der Waals surface area contributed by atoms with Gasteiger partial charge in [-0.05, 0) is 13.8 Å². The highest BCUT2D eigenvalue weighted by Crippen LogP contribution is 2.39. The number of amides is 1. The highest BCUT2D eigenvalue weighted by Gasteiger charge is 2.59. The van der Waals surface area contributed by atoms with Gasteiger partial charge in [-0.2, -0.15) is 0 Å². The molecule has 1 unspecified atom stereocenters. The first-order valence-corrected chi connectivity index (χ1v) is 25.4. The van der Waals surface area contributed by atoms with Gasteiger partial charge in [0, 0.05) is 6.92 Å². The number of hydrogen-bond donors (Lipinski definition) is 21. The van der Waals surface area contributed by atoms with Gasteiger partial charge in [0.25, 0.3) is 0 Å². The van der Waals surface area contributed by atoms with E-state index in [4.69, 9.17) is 61.6 Å². The summed E-state index contributed by atoms with van der Waals surface area (Å²) in [6.45, 7) is -1.63. The molecule has 7 aliphatic heterocycles. The number of hydrogen-bond acceptors (Lipinski definition) is 34. The van der Waals surface area contributed by atoms with Crippen molar-refractivity contribution in [3.05, 3.63) is 0 Å². The van der Waals surface area contributed by atoms with Crippen LogP contribution in [0.1, 0.15) is 20.8 Å². The molecule has 1 amide bonds. The quantitative estimate of drug-likeness (QED) is 0.0606. The van der Waals surface area contributed by atoms with Gasteiger partial charge >= 0.3 is 0 Å². The van der Waals surface area contributed by atoms with Crippen LogP contribution in [-0.2, 0) is 66.4 Å². The molecule has 0 radical (unpaired) electrons. The molecule has 0 spiro atoms. The third-order valence-electron chi connectivity index (χ3n) is 14.9. The van der Waals surface area contributed by atoms with E-state index in [1.165, 1.54) is 13.8 Å². The molecule has 35 atom stereocenters. The normalized spacial score (nSPS) is 52.9. The van der Waals surface area contributed by atoms with Crippen LogP contribution in [0.3, 0.4) is 0 Å². The number of rotatable bonds is 18. The standard InChI is InChI=1S/C44H75NO34/c1-9-18(52)23(57)26(60)40(67-9)76-34-17(45-11(3)51)39(73-16(8-50)32(34)74-43-31(65)36(22(56)14(6-48)71-43)78-42-28(62)25(59)20(54)12(4-46)70-42)77-35-21(55)13(5-47)72-44(30(35)64)75-33-15(7-49)69-38(66)29(63)37(33)79-41-27(61)24(58)19(53)10(2)68-41/h9-10,12-44,46-50,52-66H,4-8H2,1-3H3,(H,45,51)/t9-,10-,12+,13+,14+,15+,16+,17+,18+,19+,20-,21-,22-,23+,24+,25-,26-,27-,28+,29+,30+,31+,32+,33+,34+,35-,36-,37+,38?,39-,40-,41-,42+,43-,44-/m0/s1. The number of aliphatic hydroxyl groups is 20. The number of ether oxygens (including phenoxy) is 13. The zero-order valence-corrected chi connectivity index (χ0v) is 42.4. The summed E-state index contributed by atoms with van der Waals surface area (Å²) in [5.74, 6) is -0.929. The van der Waals surface area contributed by atoms with Crippen LogP contribution in [0.15, 0.2) is 0 Å². The molecule has 460 valence electrons. The molecule has 0 aromatic heterocycles. The molecule has 0 aromatic rings. The molecule has 7 fully saturated rings. The van der Waals surface area contributed by atoms with E-state index in [-0.39, 0.29) is 0 Å². The summed E-state index contributed by atoms with van der Waals surface area (Å²) in [6, 6.07) is -1.91. The van der Waals surface area contributed by atoms with Gasteiger partial charge in [-0.15, -0.1) is 0 Å². The topological polar surface area (TPSA) is 554 Å². The minimum Gasteiger partial charge on any atom is -0.394 e. The lowest BCUT2D eigenvalue weighted by Crippen LogP contribution is -2.71. The fourth-order valence-electron chi connectivity index (χ4n) is 10.3. The van der Waals surface area contributed by atoms with Crippen molar-refractivity contribution in [2.24, 2.45) is 0 Å². The minimum atomic E-state index is -2.30. The van der Waals surface area contributed by atoms with Gasteiger partial charge in [0.1, 0.15) is 159 Å². The van der Waals surface area contributed by atoms with E-state index < -0.39 is 254 Å². The monoisotopic (exact) mass is 1160 g/mol. The number of aliphatic hydroxyl groups excluding tert-OH is 20. The van der Waals surface area contributed by atoms with Crippen LogP contribution in [-0.4, -0.2) is 356 Å². The summed E-state index contributed by atoms with van der Waals surface area (Å²) in [7, 11) is 0. The van der Waals surface area contributed by atoms with Crippen LogP contribution in [0.2, 0.25) is 0 Å². The highest BCUT2D eigenvalue weighted by molar-refractivity contribution is 5.73. The van der Waals surface area contributed by atoms with Crippen LogP contribution in [0.5, 0.6) is 0 Å². The fraction of sp³-hybridized carbons (Fsp3) is 0.977. The molecule has 7 aliphatic rings. The highest BCUT2D eigenvalue weighted by atomic mass is 16.8. The zero-order chi connectivity index (χ0) is 58.2. The van der Waals surface area contributed by atoms with Crippen molar-refractivity contribution in [1.29, 1.82) is 0 Å². The first-order valence-electron chi connectivity index (χ1n) is 25.4. The van der Waals surface area contributed by atoms with Crippen molar-refractivity contribution in [1.82, 2.24) is 5.32 Å². The maximum atomic E-state index is 13.2. The van der Waals surface area contributed by atoms with E-state index in [0.717, 1.165) is 6.92 Å². The summed E-state index contributed by atoms with van der Waals surface area (Å²) < 4.78 is 75.5. The average Bonchev–Trinajstić information content (AvgIpc) is 3.55. The number of carbonyl (C=O) groups excluding carboxylic acids is 1. The molecule has 0 bridgehead atoms. The summed E-state index contributed by atoms with van der Waals surface area (Å²) in [5, 5.41) is 218. The van der Waals surface area contributed by atoms with Crippen molar-refractivity contribution in [3.8, 4) is 0 Å². The molecular weight excluding hydrogens is 1090 g/mol. The Morgan fingerprint density at radius 3 is 1.08 bits per heavy atom. The fourth-order valence-corrected chi connectivity index (χ4v) is 10.3. The van der Waals surface area contributed by atoms with E-state index >= 15 is 0 Å². The van der Waals surface area contributed by atoms with E-state index in [1.807, 2.05) is 0 Å². The molecule has 35 nitrogen and oxygen atoms in total. The SMILES string of the molecule is CC(=O)N[C@H]1[C@H](O[C@H]2[C@@H](O)[C@@H](CO)O[C@@H](O[C@H]3[C@H](O[C@@H]4O[C@@H](C)[C@@H](O)[C@@H](O)[C@@H]4O)[C@@H](O)C(O)O[C@@H]3CO)[C@@H]2O)O[C@H](CO)[C@@H](O[C@@H]2O[C@H](CO)[C@H](O)[C@H](O[C@H]3O[C@H](CO)[C@H](O)[C@H](O)[C@H]3O)[C@H]2O)[C@@H]1O[C@@H]1O[C@@H](C)[C@@H](O)[C@@H](O)[C@@H]1O. The van der Waals surface area contributed by atoms with Crippen molar-refractivity contribution >= 4 is 5.91 Å². The van der Waals surface area contributed by atoms with Gasteiger partial charge in [-0.3, -0.25) is 4.79 Å². The predicted octanol–water partition coefficient (Wildman–Crippen LogP) is -14.1. The van der Waals surface area contributed by atoms with Crippen molar-refractivity contribution in [2.75, 3.05) is 33.0 Å². The molecule has 35 heteroatoms. The third-order valence-corrected chi connectivity index (χ3v) is 14.9. The Morgan fingerprint density at radius 2 is 0.646 bits per heavy atom. The second-order valence-electron chi connectivity index (χ2n) is 20.3. The summed E-state index contributed by atoms with van der Waals surface area (Å²) >= 11 is 0. The largest absolute Gasteiger partial charge is 0.394 e. The first-order chi connectivity index (χ1) is 37.3. The van der Waals surface area contributed by atoms with E-state index in [9.17, 15) is 107 Å². The molecule has 7 saturated heterocycles. The Morgan fingerprint density at radius 1 is 0.329 bits per heavy atom. The Hall–Kier alpha value is -1.85. The van der Waals surface area contributed by atoms with Gasteiger partial charge in [-0.1, -0.05) is 0 Å². The smallest absolute Gasteiger partial charge is 0.217 e. The zero-order valence-electron chi connectivity index (χ0n) is 42.4. The van der Waals surface area contributed by atoms with Crippen LogP contribution in [0.25, 0.3) is 0 Å². The Labute approximate surface area is 447 Å². The van der Waals surface area contributed by atoms with Gasteiger partial charge in [-0.25, -0.2) is 0 Å². The van der Waals surface area contributed by atoms with Gasteiger partial charge in [0.05, 0.1) is 45.2 Å². The van der Waals surface area contributed by atoms with Gasteiger partial charge < -0.3 is 169 Å². The molecule has 0 aromatic carbocycles. The van der Waals surface area contributed by atoms with E-state index in [2.05, 4.69) is 5.32 Å². The molecule has 0 saturated carbocycles. The lowest BCUT2D eigenvalue weighted by Gasteiger charge is -2.52. The summed E-state index contributed by atoms with van der Waals surface area (Å²) in [5.41, 5.74) is 0. The molecule has 7 heterocycles. The Kier molecular flexibility index (Phi) is 22.5. The van der Waals surface area contributed by atoms with E-state index in [0.29, 0.717) is 0 Å². The van der Waals surface area contributed by atoms with Crippen LogP contribution >= 0.6 is 0 Å². The van der Waals surface area contributed by atoms with E-state index in [1.54, 1.807) is 0 Å². The second kappa shape index (κ2) is 27.5. The van der Waals surface area contributed by atoms with Crippen LogP contribution in [0, 0.1) is 0 Å². The summed E-state index contributed by atoms with van der Waals surface area (Å²) in [4.78, 5) is 13.2. The minimum absolute atomic E-state index is 0.909. The number of nitrogens with one attached hydrogen (secondary N) is 1. The second-order valence-corrected chi connectivity index (χ2v) is 20.3. The molecule has 7 rings (SSSR count). The van der Waals surface area contributed by atoms with Crippen LogP contribution < -0.4 is 5.32 Å². The van der Waals surface area contributed by atoms with Crippen molar-refractivity contribution in [2.45, 2.75) is 236 Å².